The Morgan fingerprint density at radius 3 is 2.89 bits per heavy atom. The molecule has 0 saturated heterocycles. The molecular weight excluding hydrogens is 252 g/mol. The summed E-state index contributed by atoms with van der Waals surface area (Å²) in [6.07, 6.45) is 1.65. The Bertz CT molecular complexity index is 385. The molecule has 0 unspecified atom stereocenters. The lowest BCUT2D eigenvalue weighted by Gasteiger charge is -2.15. The summed E-state index contributed by atoms with van der Waals surface area (Å²) in [5.74, 6) is -0.0660. The molecule has 0 aliphatic carbocycles. The van der Waals surface area contributed by atoms with Gasteiger partial charge in [-0.25, -0.2) is 0 Å². The first-order valence-corrected chi connectivity index (χ1v) is 6.34. The topological polar surface area (TPSA) is 52.6 Å². The molecule has 0 radical (unpaired) electrons. The predicted molar refractivity (Wildman–Crippen MR) is 73.9 cm³/mol. The largest absolute Gasteiger partial charge is 0.396 e. The van der Waals surface area contributed by atoms with E-state index in [-0.39, 0.29) is 12.5 Å². The van der Waals surface area contributed by atoms with Crippen molar-refractivity contribution < 1.29 is 9.90 Å². The summed E-state index contributed by atoms with van der Waals surface area (Å²) < 4.78 is 0. The van der Waals surface area contributed by atoms with E-state index in [2.05, 4.69) is 5.32 Å². The third-order valence-electron chi connectivity index (χ3n) is 2.47. The molecule has 18 heavy (non-hydrogen) atoms. The number of rotatable bonds is 7. The van der Waals surface area contributed by atoms with Gasteiger partial charge in [0.25, 0.3) is 0 Å². The molecule has 100 valence electrons. The van der Waals surface area contributed by atoms with E-state index in [4.69, 9.17) is 16.7 Å². The Morgan fingerprint density at radius 2 is 2.22 bits per heavy atom. The molecule has 2 N–H and O–H groups in total. The van der Waals surface area contributed by atoms with E-state index in [1.165, 1.54) is 0 Å². The predicted octanol–water partition coefficient (Wildman–Crippen LogP) is 1.98. The fourth-order valence-electron chi connectivity index (χ4n) is 1.58. The van der Waals surface area contributed by atoms with Crippen molar-refractivity contribution in [3.63, 3.8) is 0 Å². The SMILES string of the molecule is CN(CCCCO)CC(=O)Nc1cccc(Cl)c1. The minimum atomic E-state index is -0.0660. The summed E-state index contributed by atoms with van der Waals surface area (Å²) in [6, 6.07) is 7.07. The van der Waals surface area contributed by atoms with Gasteiger partial charge in [-0.2, -0.15) is 0 Å². The second kappa shape index (κ2) is 8.08. The highest BCUT2D eigenvalue weighted by Crippen LogP contribution is 2.14. The van der Waals surface area contributed by atoms with Gasteiger partial charge in [-0.15, -0.1) is 0 Å². The minimum absolute atomic E-state index is 0.0660. The van der Waals surface area contributed by atoms with Gasteiger partial charge >= 0.3 is 0 Å². The molecule has 0 bridgehead atoms. The zero-order chi connectivity index (χ0) is 13.4. The van der Waals surface area contributed by atoms with Crippen molar-refractivity contribution in [2.45, 2.75) is 12.8 Å². The van der Waals surface area contributed by atoms with Crippen LogP contribution in [-0.4, -0.2) is 42.7 Å². The van der Waals surface area contributed by atoms with Crippen LogP contribution in [0.2, 0.25) is 5.02 Å². The number of carbonyl (C=O) groups is 1. The highest BCUT2D eigenvalue weighted by atomic mass is 35.5. The lowest BCUT2D eigenvalue weighted by atomic mass is 10.3. The highest BCUT2D eigenvalue weighted by molar-refractivity contribution is 6.30. The van der Waals surface area contributed by atoms with E-state index >= 15 is 0 Å². The maximum absolute atomic E-state index is 11.7. The molecule has 5 heteroatoms. The van der Waals surface area contributed by atoms with Crippen molar-refractivity contribution in [2.75, 3.05) is 32.1 Å². The Kier molecular flexibility index (Phi) is 6.72. The van der Waals surface area contributed by atoms with Gasteiger partial charge in [0, 0.05) is 17.3 Å². The Hall–Kier alpha value is -1.10. The van der Waals surface area contributed by atoms with E-state index in [9.17, 15) is 4.79 Å². The van der Waals surface area contributed by atoms with Crippen LogP contribution in [0.15, 0.2) is 24.3 Å². The van der Waals surface area contributed by atoms with Crippen LogP contribution >= 0.6 is 11.6 Å². The van der Waals surface area contributed by atoms with E-state index in [1.807, 2.05) is 11.9 Å². The van der Waals surface area contributed by atoms with Gasteiger partial charge in [0.05, 0.1) is 6.54 Å². The van der Waals surface area contributed by atoms with Crippen molar-refractivity contribution in [2.24, 2.45) is 0 Å². The molecule has 0 saturated carbocycles. The summed E-state index contributed by atoms with van der Waals surface area (Å²) in [5, 5.41) is 12.1. The maximum atomic E-state index is 11.7. The van der Waals surface area contributed by atoms with Crippen molar-refractivity contribution in [1.29, 1.82) is 0 Å². The summed E-state index contributed by atoms with van der Waals surface area (Å²) >= 11 is 5.83. The maximum Gasteiger partial charge on any atom is 0.238 e. The van der Waals surface area contributed by atoms with Crippen LogP contribution < -0.4 is 5.32 Å². The number of nitrogens with zero attached hydrogens (tertiary/aromatic N) is 1. The number of hydrogen-bond acceptors (Lipinski definition) is 3. The van der Waals surface area contributed by atoms with Crippen LogP contribution in [0.5, 0.6) is 0 Å². The number of hydrogen-bond donors (Lipinski definition) is 2. The fraction of sp³-hybridized carbons (Fsp3) is 0.462. The standard InChI is InChI=1S/C13H19ClN2O2/c1-16(7-2-3-8-17)10-13(18)15-12-6-4-5-11(14)9-12/h4-6,9,17H,2-3,7-8,10H2,1H3,(H,15,18). The molecular formula is C13H19ClN2O2. The molecule has 0 aliphatic rings. The Balaban J connectivity index is 2.32. The van der Waals surface area contributed by atoms with Crippen molar-refractivity contribution >= 4 is 23.2 Å². The number of aliphatic hydroxyl groups is 1. The quantitative estimate of drug-likeness (QED) is 0.745. The summed E-state index contributed by atoms with van der Waals surface area (Å²) in [5.41, 5.74) is 0.705. The zero-order valence-electron chi connectivity index (χ0n) is 10.5. The van der Waals surface area contributed by atoms with Gasteiger partial charge in [0.2, 0.25) is 5.91 Å². The number of benzene rings is 1. The third-order valence-corrected chi connectivity index (χ3v) is 2.70. The number of unbranched alkanes of at least 4 members (excludes halogenated alkanes) is 1. The van der Waals surface area contributed by atoms with Crippen LogP contribution in [0, 0.1) is 0 Å². The lowest BCUT2D eigenvalue weighted by molar-refractivity contribution is -0.117. The number of likely N-dealkylation sites (N-methyl/N-ethyl adjacent to an activating group) is 1. The smallest absolute Gasteiger partial charge is 0.238 e. The first-order valence-electron chi connectivity index (χ1n) is 5.96. The molecule has 1 aromatic carbocycles. The van der Waals surface area contributed by atoms with Crippen molar-refractivity contribution in [1.82, 2.24) is 4.90 Å². The van der Waals surface area contributed by atoms with Gasteiger partial charge in [-0.1, -0.05) is 17.7 Å². The molecule has 0 spiro atoms. The molecule has 0 heterocycles. The highest BCUT2D eigenvalue weighted by Gasteiger charge is 2.06. The monoisotopic (exact) mass is 270 g/mol. The first kappa shape index (κ1) is 15.0. The molecule has 0 atom stereocenters. The molecule has 1 amide bonds. The van der Waals surface area contributed by atoms with Gasteiger partial charge in [0.15, 0.2) is 0 Å². The summed E-state index contributed by atoms with van der Waals surface area (Å²) in [7, 11) is 1.88. The number of aliphatic hydroxyl groups excluding tert-OH is 1. The first-order chi connectivity index (χ1) is 8.61. The number of nitrogens with one attached hydrogen (secondary N) is 1. The number of amides is 1. The van der Waals surface area contributed by atoms with E-state index in [1.54, 1.807) is 24.3 Å². The number of halogens is 1. The third kappa shape index (κ3) is 6.00. The lowest BCUT2D eigenvalue weighted by Crippen LogP contribution is -2.31. The summed E-state index contributed by atoms with van der Waals surface area (Å²) in [4.78, 5) is 13.6. The van der Waals surface area contributed by atoms with Crippen LogP contribution in [-0.2, 0) is 4.79 Å². The van der Waals surface area contributed by atoms with Gasteiger partial charge in [-0.3, -0.25) is 9.69 Å². The molecule has 1 aromatic rings. The van der Waals surface area contributed by atoms with Crippen molar-refractivity contribution in [3.05, 3.63) is 29.3 Å². The minimum Gasteiger partial charge on any atom is -0.396 e. The van der Waals surface area contributed by atoms with Crippen LogP contribution in [0.3, 0.4) is 0 Å². The second-order valence-corrected chi connectivity index (χ2v) is 4.66. The molecule has 0 aromatic heterocycles. The number of anilines is 1. The van der Waals surface area contributed by atoms with Crippen LogP contribution in [0.25, 0.3) is 0 Å². The van der Waals surface area contributed by atoms with Gasteiger partial charge in [0.1, 0.15) is 0 Å². The van der Waals surface area contributed by atoms with E-state index in [0.29, 0.717) is 17.3 Å². The fourth-order valence-corrected chi connectivity index (χ4v) is 1.77. The Morgan fingerprint density at radius 1 is 1.44 bits per heavy atom. The molecule has 1 rings (SSSR count). The number of carbonyl (C=O) groups excluding carboxylic acids is 1. The van der Waals surface area contributed by atoms with Crippen LogP contribution in [0.4, 0.5) is 5.69 Å². The molecule has 4 nitrogen and oxygen atoms in total. The molecule has 0 fully saturated rings. The zero-order valence-corrected chi connectivity index (χ0v) is 11.3. The van der Waals surface area contributed by atoms with Gasteiger partial charge in [-0.05, 0) is 44.6 Å². The Labute approximate surface area is 113 Å². The average molecular weight is 271 g/mol. The van der Waals surface area contributed by atoms with E-state index < -0.39 is 0 Å². The average Bonchev–Trinajstić information content (AvgIpc) is 2.29. The molecule has 0 aliphatic heterocycles. The second-order valence-electron chi connectivity index (χ2n) is 4.23. The van der Waals surface area contributed by atoms with Crippen LogP contribution in [0.1, 0.15) is 12.8 Å². The summed E-state index contributed by atoms with van der Waals surface area (Å²) in [6.45, 7) is 1.32. The normalized spacial score (nSPS) is 10.7. The van der Waals surface area contributed by atoms with Crippen molar-refractivity contribution in [3.8, 4) is 0 Å². The van der Waals surface area contributed by atoms with E-state index in [0.717, 1.165) is 19.4 Å². The van der Waals surface area contributed by atoms with Gasteiger partial charge < -0.3 is 10.4 Å².